The van der Waals surface area contributed by atoms with E-state index in [2.05, 4.69) is 26.0 Å². The molecular weight excluding hydrogens is 252 g/mol. The summed E-state index contributed by atoms with van der Waals surface area (Å²) in [6, 6.07) is 6.31. The molecule has 1 fully saturated rings. The van der Waals surface area contributed by atoms with Crippen molar-refractivity contribution in [2.45, 2.75) is 46.0 Å². The Labute approximate surface area is 121 Å². The molecule has 1 saturated carbocycles. The van der Waals surface area contributed by atoms with Gasteiger partial charge in [-0.2, -0.15) is 0 Å². The van der Waals surface area contributed by atoms with E-state index < -0.39 is 5.97 Å². The molecule has 110 valence electrons. The van der Waals surface area contributed by atoms with Crippen molar-refractivity contribution in [1.29, 1.82) is 0 Å². The fourth-order valence-electron chi connectivity index (χ4n) is 2.69. The highest BCUT2D eigenvalue weighted by Gasteiger charge is 2.42. The molecule has 1 aromatic carbocycles. The Morgan fingerprint density at radius 1 is 1.35 bits per heavy atom. The van der Waals surface area contributed by atoms with Gasteiger partial charge in [-0.05, 0) is 61.3 Å². The highest BCUT2D eigenvalue weighted by Crippen LogP contribution is 2.42. The van der Waals surface area contributed by atoms with Crippen LogP contribution in [0.2, 0.25) is 0 Å². The number of hydrogen-bond donors (Lipinski definition) is 1. The molecule has 0 bridgehead atoms. The normalized spacial score (nSPS) is 20.7. The Morgan fingerprint density at radius 3 is 2.75 bits per heavy atom. The second-order valence-corrected chi connectivity index (χ2v) is 5.61. The third-order valence-corrected chi connectivity index (χ3v) is 4.06. The minimum Gasteiger partial charge on any atom is -0.494 e. The summed E-state index contributed by atoms with van der Waals surface area (Å²) >= 11 is 0. The van der Waals surface area contributed by atoms with Gasteiger partial charge in [0.05, 0.1) is 12.5 Å². The van der Waals surface area contributed by atoms with E-state index in [0.29, 0.717) is 5.92 Å². The van der Waals surface area contributed by atoms with Gasteiger partial charge in [-0.3, -0.25) is 4.79 Å². The average Bonchev–Trinajstić information content (AvgIpc) is 3.23. The first-order chi connectivity index (χ1) is 9.65. The number of rotatable bonds is 8. The number of aryl methyl sites for hydroxylation is 2. The Hall–Kier alpha value is -1.51. The summed E-state index contributed by atoms with van der Waals surface area (Å²) in [6.45, 7) is 5.01. The Balaban J connectivity index is 1.92. The summed E-state index contributed by atoms with van der Waals surface area (Å²) in [6.07, 6.45) is 4.83. The number of hydrogen-bond acceptors (Lipinski definition) is 2. The van der Waals surface area contributed by atoms with Gasteiger partial charge in [-0.25, -0.2) is 0 Å². The molecular formula is C17H24O3. The van der Waals surface area contributed by atoms with Crippen molar-refractivity contribution in [3.8, 4) is 5.75 Å². The zero-order valence-electron chi connectivity index (χ0n) is 12.4. The molecule has 20 heavy (non-hydrogen) atoms. The van der Waals surface area contributed by atoms with Crippen LogP contribution in [0.4, 0.5) is 0 Å². The number of benzene rings is 1. The lowest BCUT2D eigenvalue weighted by molar-refractivity contribution is -0.138. The molecule has 0 heterocycles. The van der Waals surface area contributed by atoms with Crippen LogP contribution >= 0.6 is 0 Å². The molecule has 2 rings (SSSR count). The van der Waals surface area contributed by atoms with Gasteiger partial charge in [0, 0.05) is 0 Å². The molecule has 2 unspecified atom stereocenters. The minimum atomic E-state index is -0.631. The summed E-state index contributed by atoms with van der Waals surface area (Å²) < 4.78 is 5.66. The van der Waals surface area contributed by atoms with Crippen LogP contribution in [0.5, 0.6) is 5.75 Å². The van der Waals surface area contributed by atoms with Gasteiger partial charge in [0.15, 0.2) is 0 Å². The molecule has 1 N–H and O–H groups in total. The van der Waals surface area contributed by atoms with Crippen LogP contribution in [0, 0.1) is 11.8 Å². The van der Waals surface area contributed by atoms with Gasteiger partial charge in [0.2, 0.25) is 0 Å². The number of carboxylic acids is 1. The smallest absolute Gasteiger partial charge is 0.306 e. The lowest BCUT2D eigenvalue weighted by atomic mass is 9.99. The molecule has 1 aromatic rings. The van der Waals surface area contributed by atoms with Crippen LogP contribution in [-0.2, 0) is 17.6 Å². The molecule has 3 heteroatoms. The summed E-state index contributed by atoms with van der Waals surface area (Å²) in [5, 5.41) is 8.92. The van der Waals surface area contributed by atoms with Crippen molar-refractivity contribution in [3.63, 3.8) is 0 Å². The van der Waals surface area contributed by atoms with Gasteiger partial charge < -0.3 is 9.84 Å². The van der Waals surface area contributed by atoms with Gasteiger partial charge in [0.1, 0.15) is 5.75 Å². The molecule has 0 amide bonds. The van der Waals surface area contributed by atoms with Crippen LogP contribution in [0.1, 0.15) is 44.2 Å². The second-order valence-electron chi connectivity index (χ2n) is 5.61. The Morgan fingerprint density at radius 2 is 2.15 bits per heavy atom. The van der Waals surface area contributed by atoms with Crippen LogP contribution in [-0.4, -0.2) is 17.7 Å². The monoisotopic (exact) mass is 276 g/mol. The fourth-order valence-corrected chi connectivity index (χ4v) is 2.69. The van der Waals surface area contributed by atoms with E-state index >= 15 is 0 Å². The van der Waals surface area contributed by atoms with E-state index in [9.17, 15) is 4.79 Å². The summed E-state index contributed by atoms with van der Waals surface area (Å²) in [4.78, 5) is 10.8. The molecule has 0 radical (unpaired) electrons. The van der Waals surface area contributed by atoms with Gasteiger partial charge in [0.25, 0.3) is 0 Å². The molecule has 0 spiro atoms. The molecule has 1 aliphatic carbocycles. The van der Waals surface area contributed by atoms with Crippen molar-refractivity contribution in [2.75, 3.05) is 6.61 Å². The summed E-state index contributed by atoms with van der Waals surface area (Å²) in [7, 11) is 0. The summed E-state index contributed by atoms with van der Waals surface area (Å²) in [5.74, 6) is 0.608. The quantitative estimate of drug-likeness (QED) is 0.787. The SMILES string of the molecule is CCCOc1ccc(CCC2CC2C(=O)O)c(CC)c1. The Bertz CT molecular complexity index is 467. The predicted molar refractivity (Wildman–Crippen MR) is 79.2 cm³/mol. The van der Waals surface area contributed by atoms with E-state index in [4.69, 9.17) is 9.84 Å². The first-order valence-corrected chi connectivity index (χ1v) is 7.63. The largest absolute Gasteiger partial charge is 0.494 e. The first kappa shape index (κ1) is 14.9. The van der Waals surface area contributed by atoms with Gasteiger partial charge in [-0.15, -0.1) is 0 Å². The van der Waals surface area contributed by atoms with Crippen molar-refractivity contribution in [3.05, 3.63) is 29.3 Å². The van der Waals surface area contributed by atoms with E-state index in [0.717, 1.165) is 44.5 Å². The molecule has 2 atom stereocenters. The number of carbonyl (C=O) groups is 1. The lowest BCUT2D eigenvalue weighted by Crippen LogP contribution is -2.02. The number of aliphatic carboxylic acids is 1. The molecule has 1 aliphatic rings. The second kappa shape index (κ2) is 6.78. The maximum atomic E-state index is 10.8. The van der Waals surface area contributed by atoms with Crippen molar-refractivity contribution in [2.24, 2.45) is 11.8 Å². The highest BCUT2D eigenvalue weighted by molar-refractivity contribution is 5.73. The minimum absolute atomic E-state index is 0.0905. The van der Waals surface area contributed by atoms with E-state index in [1.807, 2.05) is 6.07 Å². The first-order valence-electron chi connectivity index (χ1n) is 7.63. The maximum absolute atomic E-state index is 10.8. The van der Waals surface area contributed by atoms with E-state index in [1.54, 1.807) is 0 Å². The van der Waals surface area contributed by atoms with Crippen molar-refractivity contribution in [1.82, 2.24) is 0 Å². The van der Waals surface area contributed by atoms with Gasteiger partial charge >= 0.3 is 5.97 Å². The standard InChI is InChI=1S/C17H24O3/c1-3-9-20-15-8-7-13(12(4-2)10-15)5-6-14-11-16(14)17(18)19/h7-8,10,14,16H,3-6,9,11H2,1-2H3,(H,18,19). The lowest BCUT2D eigenvalue weighted by Gasteiger charge is -2.11. The third kappa shape index (κ3) is 3.75. The predicted octanol–water partition coefficient (Wildman–Crippen LogP) is 3.69. The third-order valence-electron chi connectivity index (χ3n) is 4.06. The molecule has 3 nitrogen and oxygen atoms in total. The van der Waals surface area contributed by atoms with Crippen LogP contribution in [0.25, 0.3) is 0 Å². The summed E-state index contributed by atoms with van der Waals surface area (Å²) in [5.41, 5.74) is 2.67. The van der Waals surface area contributed by atoms with E-state index in [-0.39, 0.29) is 5.92 Å². The van der Waals surface area contributed by atoms with Crippen molar-refractivity contribution < 1.29 is 14.6 Å². The topological polar surface area (TPSA) is 46.5 Å². The molecule has 0 aliphatic heterocycles. The number of ether oxygens (including phenoxy) is 1. The average molecular weight is 276 g/mol. The Kier molecular flexibility index (Phi) is 5.05. The molecule has 0 saturated heterocycles. The van der Waals surface area contributed by atoms with E-state index in [1.165, 1.54) is 11.1 Å². The fraction of sp³-hybridized carbons (Fsp3) is 0.588. The maximum Gasteiger partial charge on any atom is 0.306 e. The molecule has 0 aromatic heterocycles. The zero-order valence-corrected chi connectivity index (χ0v) is 12.4. The van der Waals surface area contributed by atoms with Crippen LogP contribution < -0.4 is 4.74 Å². The number of carboxylic acid groups (broad SMARTS) is 1. The van der Waals surface area contributed by atoms with Crippen molar-refractivity contribution >= 4 is 5.97 Å². The van der Waals surface area contributed by atoms with Crippen LogP contribution in [0.3, 0.4) is 0 Å². The zero-order chi connectivity index (χ0) is 14.5. The highest BCUT2D eigenvalue weighted by atomic mass is 16.5. The van der Waals surface area contributed by atoms with Gasteiger partial charge in [-0.1, -0.05) is 19.9 Å². The van der Waals surface area contributed by atoms with Crippen LogP contribution in [0.15, 0.2) is 18.2 Å².